The molecule has 0 aromatic carbocycles. The lowest BCUT2D eigenvalue weighted by Crippen LogP contribution is -2.30. The van der Waals surface area contributed by atoms with Gasteiger partial charge in [0.15, 0.2) is 6.29 Å². The quantitative estimate of drug-likeness (QED) is 0.674. The average Bonchev–Trinajstić information content (AvgIpc) is 2.72. The predicted molar refractivity (Wildman–Crippen MR) is 57.4 cm³/mol. The van der Waals surface area contributed by atoms with Crippen molar-refractivity contribution in [3.05, 3.63) is 18.0 Å². The van der Waals surface area contributed by atoms with Crippen molar-refractivity contribution in [2.24, 2.45) is 0 Å². The van der Waals surface area contributed by atoms with E-state index in [1.807, 2.05) is 16.9 Å². The van der Waals surface area contributed by atoms with E-state index >= 15 is 0 Å². The molecule has 0 aliphatic rings. The second kappa shape index (κ2) is 6.55. The number of ether oxygens (including phenoxy) is 2. The summed E-state index contributed by atoms with van der Waals surface area (Å²) < 4.78 is 12.1. The summed E-state index contributed by atoms with van der Waals surface area (Å²) in [5.41, 5.74) is 1.17. The van der Waals surface area contributed by atoms with Crippen molar-refractivity contribution in [2.45, 2.75) is 26.3 Å². The molecule has 5 nitrogen and oxygen atoms in total. The predicted octanol–water partition coefficient (Wildman–Crippen LogP) is 0.611. The third-order valence-electron chi connectivity index (χ3n) is 2.25. The van der Waals surface area contributed by atoms with Gasteiger partial charge < -0.3 is 14.8 Å². The second-order valence-electron chi connectivity index (χ2n) is 3.17. The maximum Gasteiger partial charge on any atom is 0.169 e. The van der Waals surface area contributed by atoms with Crippen LogP contribution in [0.4, 0.5) is 0 Å². The summed E-state index contributed by atoms with van der Waals surface area (Å²) in [5.74, 6) is 0. The molecular weight excluding hydrogens is 194 g/mol. The number of methoxy groups -OCH3 is 2. The van der Waals surface area contributed by atoms with Crippen molar-refractivity contribution < 1.29 is 9.47 Å². The van der Waals surface area contributed by atoms with Crippen LogP contribution >= 0.6 is 0 Å². The minimum atomic E-state index is -0.192. The molecule has 1 N–H and O–H groups in total. The van der Waals surface area contributed by atoms with E-state index in [1.165, 1.54) is 5.69 Å². The molecule has 0 radical (unpaired) electrons. The van der Waals surface area contributed by atoms with Gasteiger partial charge in [-0.1, -0.05) is 0 Å². The zero-order valence-corrected chi connectivity index (χ0v) is 9.56. The van der Waals surface area contributed by atoms with Crippen LogP contribution in [0.1, 0.15) is 12.6 Å². The van der Waals surface area contributed by atoms with E-state index in [-0.39, 0.29) is 6.29 Å². The maximum atomic E-state index is 5.07. The highest BCUT2D eigenvalue weighted by atomic mass is 16.7. The third-order valence-corrected chi connectivity index (χ3v) is 2.25. The Morgan fingerprint density at radius 1 is 1.47 bits per heavy atom. The molecule has 0 unspecified atom stereocenters. The van der Waals surface area contributed by atoms with Gasteiger partial charge in [-0.05, 0) is 13.0 Å². The van der Waals surface area contributed by atoms with Crippen molar-refractivity contribution in [3.63, 3.8) is 0 Å². The molecule has 0 amide bonds. The van der Waals surface area contributed by atoms with E-state index in [2.05, 4.69) is 17.3 Å². The highest BCUT2D eigenvalue weighted by Crippen LogP contribution is 1.98. The molecule has 0 bridgehead atoms. The van der Waals surface area contributed by atoms with Crippen LogP contribution in [0.5, 0.6) is 0 Å². The smallest absolute Gasteiger partial charge is 0.169 e. The van der Waals surface area contributed by atoms with Crippen molar-refractivity contribution in [2.75, 3.05) is 20.8 Å². The minimum Gasteiger partial charge on any atom is -0.355 e. The van der Waals surface area contributed by atoms with Crippen LogP contribution in [0, 0.1) is 0 Å². The van der Waals surface area contributed by atoms with Gasteiger partial charge in [0, 0.05) is 40.1 Å². The molecule has 0 spiro atoms. The average molecular weight is 213 g/mol. The Morgan fingerprint density at radius 3 is 2.80 bits per heavy atom. The van der Waals surface area contributed by atoms with Crippen LogP contribution < -0.4 is 5.32 Å². The van der Waals surface area contributed by atoms with Crippen LogP contribution in [-0.2, 0) is 22.6 Å². The van der Waals surface area contributed by atoms with E-state index in [1.54, 1.807) is 14.2 Å². The lowest BCUT2D eigenvalue weighted by atomic mass is 10.4. The first-order chi connectivity index (χ1) is 7.31. The fourth-order valence-electron chi connectivity index (χ4n) is 1.38. The number of hydrogen-bond acceptors (Lipinski definition) is 4. The molecule has 1 aromatic heterocycles. The number of rotatable bonds is 7. The zero-order chi connectivity index (χ0) is 11.1. The topological polar surface area (TPSA) is 48.3 Å². The largest absolute Gasteiger partial charge is 0.355 e. The maximum absolute atomic E-state index is 5.07. The summed E-state index contributed by atoms with van der Waals surface area (Å²) in [4.78, 5) is 0. The number of nitrogens with zero attached hydrogens (tertiary/aromatic N) is 2. The van der Waals surface area contributed by atoms with Gasteiger partial charge in [0.25, 0.3) is 0 Å². The van der Waals surface area contributed by atoms with Gasteiger partial charge in [-0.3, -0.25) is 4.68 Å². The zero-order valence-electron chi connectivity index (χ0n) is 9.56. The highest BCUT2D eigenvalue weighted by molar-refractivity contribution is 4.99. The fourth-order valence-corrected chi connectivity index (χ4v) is 1.38. The molecule has 0 aliphatic heterocycles. The van der Waals surface area contributed by atoms with E-state index in [9.17, 15) is 0 Å². The van der Waals surface area contributed by atoms with Crippen molar-refractivity contribution >= 4 is 0 Å². The van der Waals surface area contributed by atoms with Crippen LogP contribution in [0.25, 0.3) is 0 Å². The summed E-state index contributed by atoms with van der Waals surface area (Å²) in [6.07, 6.45) is 1.62. The standard InChI is InChI=1S/C10H19N3O2/c1-4-13-9(5-6-12-13)7-11-8-10(14-2)15-3/h5-6,10-11H,4,7-8H2,1-3H3. The summed E-state index contributed by atoms with van der Waals surface area (Å²) in [6, 6.07) is 2.01. The molecule has 0 saturated carbocycles. The van der Waals surface area contributed by atoms with E-state index < -0.39 is 0 Å². The Labute approximate surface area is 90.4 Å². The number of aryl methyl sites for hydroxylation is 1. The Bertz CT molecular complexity index is 271. The van der Waals surface area contributed by atoms with Gasteiger partial charge in [-0.15, -0.1) is 0 Å². The minimum absolute atomic E-state index is 0.192. The first-order valence-electron chi connectivity index (χ1n) is 5.08. The summed E-state index contributed by atoms with van der Waals surface area (Å²) >= 11 is 0. The Balaban J connectivity index is 2.31. The van der Waals surface area contributed by atoms with Crippen molar-refractivity contribution in [3.8, 4) is 0 Å². The van der Waals surface area contributed by atoms with Gasteiger partial charge in [-0.25, -0.2) is 0 Å². The molecule has 15 heavy (non-hydrogen) atoms. The Hall–Kier alpha value is -0.910. The normalized spacial score (nSPS) is 11.2. The van der Waals surface area contributed by atoms with Gasteiger partial charge in [0.05, 0.1) is 5.69 Å². The van der Waals surface area contributed by atoms with Crippen LogP contribution in [0.15, 0.2) is 12.3 Å². The molecule has 0 saturated heterocycles. The molecule has 0 fully saturated rings. The summed E-state index contributed by atoms with van der Waals surface area (Å²) in [6.45, 7) is 4.41. The summed E-state index contributed by atoms with van der Waals surface area (Å²) in [7, 11) is 3.26. The lowest BCUT2D eigenvalue weighted by molar-refractivity contribution is -0.0989. The second-order valence-corrected chi connectivity index (χ2v) is 3.17. The summed E-state index contributed by atoms with van der Waals surface area (Å²) in [5, 5.41) is 7.44. The lowest BCUT2D eigenvalue weighted by Gasteiger charge is -2.14. The fraction of sp³-hybridized carbons (Fsp3) is 0.700. The molecular formula is C10H19N3O2. The first-order valence-corrected chi connectivity index (χ1v) is 5.08. The van der Waals surface area contributed by atoms with E-state index in [4.69, 9.17) is 9.47 Å². The van der Waals surface area contributed by atoms with Gasteiger partial charge in [0.1, 0.15) is 0 Å². The molecule has 1 rings (SSSR count). The Morgan fingerprint density at radius 2 is 2.20 bits per heavy atom. The first kappa shape index (κ1) is 12.2. The van der Waals surface area contributed by atoms with Gasteiger partial charge >= 0.3 is 0 Å². The van der Waals surface area contributed by atoms with E-state index in [0.29, 0.717) is 6.54 Å². The van der Waals surface area contributed by atoms with Crippen molar-refractivity contribution in [1.82, 2.24) is 15.1 Å². The molecule has 86 valence electrons. The number of nitrogens with one attached hydrogen (secondary N) is 1. The SMILES string of the molecule is CCn1nccc1CNCC(OC)OC. The third kappa shape index (κ3) is 3.62. The van der Waals surface area contributed by atoms with E-state index in [0.717, 1.165) is 13.1 Å². The number of aromatic nitrogens is 2. The van der Waals surface area contributed by atoms with Crippen LogP contribution in [0.3, 0.4) is 0 Å². The molecule has 1 heterocycles. The molecule has 0 aliphatic carbocycles. The highest BCUT2D eigenvalue weighted by Gasteiger charge is 2.05. The molecule has 0 atom stereocenters. The molecule has 1 aromatic rings. The van der Waals surface area contributed by atoms with Gasteiger partial charge in [-0.2, -0.15) is 5.10 Å². The monoisotopic (exact) mass is 213 g/mol. The van der Waals surface area contributed by atoms with Gasteiger partial charge in [0.2, 0.25) is 0 Å². The van der Waals surface area contributed by atoms with Crippen LogP contribution in [0.2, 0.25) is 0 Å². The van der Waals surface area contributed by atoms with Crippen LogP contribution in [-0.4, -0.2) is 36.8 Å². The van der Waals surface area contributed by atoms with Crippen molar-refractivity contribution in [1.29, 1.82) is 0 Å². The Kier molecular flexibility index (Phi) is 5.31. The number of hydrogen-bond donors (Lipinski definition) is 1. The molecule has 5 heteroatoms.